The van der Waals surface area contributed by atoms with Gasteiger partial charge in [-0.1, -0.05) is 34.7 Å². The summed E-state index contributed by atoms with van der Waals surface area (Å²) in [6.45, 7) is 5.58. The van der Waals surface area contributed by atoms with E-state index < -0.39 is 5.60 Å². The molecule has 0 atom stereocenters. The molecule has 0 radical (unpaired) electrons. The van der Waals surface area contributed by atoms with E-state index in [4.69, 9.17) is 9.47 Å². The predicted molar refractivity (Wildman–Crippen MR) is 85.0 cm³/mol. The third kappa shape index (κ3) is 5.38. The lowest BCUT2D eigenvalue weighted by Crippen LogP contribution is -2.39. The summed E-state index contributed by atoms with van der Waals surface area (Å²) in [5, 5.41) is 0. The molecule has 0 saturated heterocycles. The molecule has 0 fully saturated rings. The van der Waals surface area contributed by atoms with Gasteiger partial charge < -0.3 is 9.47 Å². The number of hydrogen-bond donors (Lipinski definition) is 0. The van der Waals surface area contributed by atoms with Crippen molar-refractivity contribution < 1.29 is 14.3 Å². The molecule has 0 heterocycles. The standard InChI is InChI=1S/C15H21IO3/c1-4-18-14(17)15(2,3)19-13-9-7-12(8-10-13)6-5-11-16/h7-10H,4-6,11H2,1-3H3. The summed E-state index contributed by atoms with van der Waals surface area (Å²) < 4.78 is 11.8. The molecule has 0 aliphatic carbocycles. The summed E-state index contributed by atoms with van der Waals surface area (Å²) in [6, 6.07) is 7.90. The molecule has 0 aliphatic heterocycles. The second kappa shape index (κ2) is 7.72. The fourth-order valence-corrected chi connectivity index (χ4v) is 2.02. The second-order valence-electron chi connectivity index (χ2n) is 4.77. The minimum absolute atomic E-state index is 0.344. The number of aryl methyl sites for hydroxylation is 1. The maximum Gasteiger partial charge on any atom is 0.349 e. The van der Waals surface area contributed by atoms with Gasteiger partial charge in [0.1, 0.15) is 5.75 Å². The quantitative estimate of drug-likeness (QED) is 0.413. The van der Waals surface area contributed by atoms with E-state index in [9.17, 15) is 4.79 Å². The highest BCUT2D eigenvalue weighted by Crippen LogP contribution is 2.20. The molecule has 3 nitrogen and oxygen atoms in total. The maximum absolute atomic E-state index is 11.7. The van der Waals surface area contributed by atoms with Crippen LogP contribution in [0.2, 0.25) is 0 Å². The highest BCUT2D eigenvalue weighted by Gasteiger charge is 2.31. The van der Waals surface area contributed by atoms with Crippen molar-refractivity contribution in [2.45, 2.75) is 39.2 Å². The molecule has 0 unspecified atom stereocenters. The van der Waals surface area contributed by atoms with Crippen LogP contribution in [-0.4, -0.2) is 22.6 Å². The third-order valence-electron chi connectivity index (χ3n) is 2.66. The van der Waals surface area contributed by atoms with E-state index in [1.807, 2.05) is 24.3 Å². The first-order valence-electron chi connectivity index (χ1n) is 6.50. The molecule has 0 N–H and O–H groups in total. The molecule has 1 aromatic carbocycles. The van der Waals surface area contributed by atoms with E-state index in [0.717, 1.165) is 10.8 Å². The first kappa shape index (κ1) is 16.3. The van der Waals surface area contributed by atoms with Gasteiger partial charge in [-0.05, 0) is 55.7 Å². The lowest BCUT2D eigenvalue weighted by Gasteiger charge is -2.24. The summed E-state index contributed by atoms with van der Waals surface area (Å²) in [5.41, 5.74) is 0.331. The number of carbonyl (C=O) groups is 1. The van der Waals surface area contributed by atoms with Gasteiger partial charge in [0.05, 0.1) is 6.61 Å². The lowest BCUT2D eigenvalue weighted by atomic mass is 10.1. The van der Waals surface area contributed by atoms with Crippen molar-refractivity contribution in [2.75, 3.05) is 11.0 Å². The topological polar surface area (TPSA) is 35.5 Å². The van der Waals surface area contributed by atoms with Crippen LogP contribution < -0.4 is 4.74 Å². The SMILES string of the molecule is CCOC(=O)C(C)(C)Oc1ccc(CCCI)cc1. The van der Waals surface area contributed by atoms with Crippen LogP contribution in [0.3, 0.4) is 0 Å². The van der Waals surface area contributed by atoms with Crippen molar-refractivity contribution in [3.8, 4) is 5.75 Å². The van der Waals surface area contributed by atoms with E-state index in [0.29, 0.717) is 12.4 Å². The van der Waals surface area contributed by atoms with Gasteiger partial charge in [-0.15, -0.1) is 0 Å². The second-order valence-corrected chi connectivity index (χ2v) is 5.85. The Morgan fingerprint density at radius 1 is 1.26 bits per heavy atom. The summed E-state index contributed by atoms with van der Waals surface area (Å²) >= 11 is 2.38. The molecule has 106 valence electrons. The van der Waals surface area contributed by atoms with E-state index in [2.05, 4.69) is 22.6 Å². The summed E-state index contributed by atoms with van der Waals surface area (Å²) in [4.78, 5) is 11.7. The van der Waals surface area contributed by atoms with Gasteiger partial charge in [-0.3, -0.25) is 0 Å². The fraction of sp³-hybridized carbons (Fsp3) is 0.533. The normalized spacial score (nSPS) is 11.2. The van der Waals surface area contributed by atoms with E-state index in [1.165, 1.54) is 12.0 Å². The number of halogens is 1. The van der Waals surface area contributed by atoms with Gasteiger partial charge in [0.25, 0.3) is 0 Å². The third-order valence-corrected chi connectivity index (χ3v) is 3.43. The van der Waals surface area contributed by atoms with Crippen LogP contribution >= 0.6 is 22.6 Å². The highest BCUT2D eigenvalue weighted by atomic mass is 127. The number of esters is 1. The zero-order valence-electron chi connectivity index (χ0n) is 11.7. The molecule has 4 heteroatoms. The zero-order chi connectivity index (χ0) is 14.3. The molecule has 0 bridgehead atoms. The van der Waals surface area contributed by atoms with Gasteiger partial charge >= 0.3 is 5.97 Å². The summed E-state index contributed by atoms with van der Waals surface area (Å²) in [6.07, 6.45) is 2.25. The first-order chi connectivity index (χ1) is 8.99. The number of carbonyl (C=O) groups excluding carboxylic acids is 1. The Morgan fingerprint density at radius 2 is 1.89 bits per heavy atom. The monoisotopic (exact) mass is 376 g/mol. The Bertz CT molecular complexity index is 398. The van der Waals surface area contributed by atoms with Crippen molar-refractivity contribution >= 4 is 28.6 Å². The van der Waals surface area contributed by atoms with Crippen LogP contribution in [0.1, 0.15) is 32.8 Å². The maximum atomic E-state index is 11.7. The van der Waals surface area contributed by atoms with Gasteiger partial charge in [0.15, 0.2) is 5.60 Å². The molecule has 0 amide bonds. The Morgan fingerprint density at radius 3 is 2.42 bits per heavy atom. The van der Waals surface area contributed by atoms with Gasteiger partial charge in [0, 0.05) is 0 Å². The lowest BCUT2D eigenvalue weighted by molar-refractivity contribution is -0.158. The first-order valence-corrected chi connectivity index (χ1v) is 8.03. The van der Waals surface area contributed by atoms with Crippen LogP contribution in [0.5, 0.6) is 5.75 Å². The van der Waals surface area contributed by atoms with Crippen molar-refractivity contribution in [3.63, 3.8) is 0 Å². The average Bonchev–Trinajstić information content (AvgIpc) is 2.38. The van der Waals surface area contributed by atoms with Crippen molar-refractivity contribution in [1.82, 2.24) is 0 Å². The molecule has 19 heavy (non-hydrogen) atoms. The van der Waals surface area contributed by atoms with Crippen molar-refractivity contribution in [3.05, 3.63) is 29.8 Å². The van der Waals surface area contributed by atoms with Crippen LogP contribution in [0.25, 0.3) is 0 Å². The van der Waals surface area contributed by atoms with Gasteiger partial charge in [0.2, 0.25) is 0 Å². The van der Waals surface area contributed by atoms with Gasteiger partial charge in [-0.2, -0.15) is 0 Å². The number of alkyl halides is 1. The van der Waals surface area contributed by atoms with E-state index in [-0.39, 0.29) is 5.97 Å². The number of rotatable bonds is 7. The zero-order valence-corrected chi connectivity index (χ0v) is 13.9. The summed E-state index contributed by atoms with van der Waals surface area (Å²) in [7, 11) is 0. The number of hydrogen-bond acceptors (Lipinski definition) is 3. The Kier molecular flexibility index (Phi) is 6.62. The molecule has 1 rings (SSSR count). The average molecular weight is 376 g/mol. The summed E-state index contributed by atoms with van der Waals surface area (Å²) in [5.74, 6) is 0.347. The Labute approximate surface area is 128 Å². The van der Waals surface area contributed by atoms with Crippen molar-refractivity contribution in [2.24, 2.45) is 0 Å². The van der Waals surface area contributed by atoms with Crippen LogP contribution in [0.15, 0.2) is 24.3 Å². The smallest absolute Gasteiger partial charge is 0.349 e. The molecule has 0 aliphatic rings. The van der Waals surface area contributed by atoms with E-state index in [1.54, 1.807) is 20.8 Å². The number of ether oxygens (including phenoxy) is 2. The van der Waals surface area contributed by atoms with Crippen molar-refractivity contribution in [1.29, 1.82) is 0 Å². The largest absolute Gasteiger partial charge is 0.476 e. The molecule has 0 spiro atoms. The minimum atomic E-state index is -0.959. The molecule has 1 aromatic rings. The Balaban J connectivity index is 2.64. The van der Waals surface area contributed by atoms with E-state index >= 15 is 0 Å². The molecular weight excluding hydrogens is 355 g/mol. The fourth-order valence-electron chi connectivity index (χ4n) is 1.64. The number of benzene rings is 1. The predicted octanol–water partition coefficient (Wildman–Crippen LogP) is 3.77. The highest BCUT2D eigenvalue weighted by molar-refractivity contribution is 14.1. The molecular formula is C15H21IO3. The van der Waals surface area contributed by atoms with Crippen LogP contribution in [0.4, 0.5) is 0 Å². The van der Waals surface area contributed by atoms with Crippen LogP contribution in [0, 0.1) is 0 Å². The molecule has 0 aromatic heterocycles. The van der Waals surface area contributed by atoms with Crippen LogP contribution in [-0.2, 0) is 16.0 Å². The molecule has 0 saturated carbocycles. The van der Waals surface area contributed by atoms with Gasteiger partial charge in [-0.25, -0.2) is 4.79 Å². The Hall–Kier alpha value is -0.780. The minimum Gasteiger partial charge on any atom is -0.476 e.